The number of alkyl halides is 5. The molecule has 3 fully saturated rings. The molecule has 3 heterocycles. The Hall–Kier alpha value is -3.90. The molecule has 1 saturated carbocycles. The number of amides is 1. The van der Waals surface area contributed by atoms with Crippen molar-refractivity contribution in [3.8, 4) is 17.0 Å². The molecule has 2 saturated heterocycles. The Morgan fingerprint density at radius 1 is 0.945 bits per heavy atom. The van der Waals surface area contributed by atoms with Gasteiger partial charge in [-0.05, 0) is 73.2 Å². The van der Waals surface area contributed by atoms with Gasteiger partial charge in [-0.1, -0.05) is 49.1 Å². The maximum Gasteiger partial charge on any atom is 0.490 e. The van der Waals surface area contributed by atoms with Crippen molar-refractivity contribution in [1.82, 2.24) is 19.1 Å². The first-order valence-corrected chi connectivity index (χ1v) is 19.7. The van der Waals surface area contributed by atoms with Gasteiger partial charge in [0.1, 0.15) is 11.8 Å². The number of pyridine rings is 1. The summed E-state index contributed by atoms with van der Waals surface area (Å²) in [5.41, 5.74) is 8.20. The number of carboxylic acid groups (broad SMARTS) is 1. The average molecular weight is 816 g/mol. The second kappa shape index (κ2) is 17.9. The summed E-state index contributed by atoms with van der Waals surface area (Å²) in [6.07, 6.45) is 2.51. The molecule has 3 N–H and O–H groups in total. The molecule has 1 aliphatic carbocycles. The van der Waals surface area contributed by atoms with Crippen LogP contribution in [0.1, 0.15) is 44.1 Å². The quantitative estimate of drug-likeness (QED) is 0.246. The van der Waals surface area contributed by atoms with Crippen LogP contribution in [0.5, 0.6) is 5.75 Å². The van der Waals surface area contributed by atoms with Crippen LogP contribution in [0, 0.1) is 5.92 Å². The lowest BCUT2D eigenvalue weighted by Gasteiger charge is -2.43. The van der Waals surface area contributed by atoms with Crippen LogP contribution in [-0.4, -0.2) is 108 Å². The molecule has 300 valence electrons. The molecule has 0 radical (unpaired) electrons. The summed E-state index contributed by atoms with van der Waals surface area (Å²) in [7, 11) is -4.15. The smallest absolute Gasteiger partial charge is 0.490 e. The molecule has 2 aliphatic heterocycles. The minimum absolute atomic E-state index is 0.0126. The summed E-state index contributed by atoms with van der Waals surface area (Å²) in [6.45, 7) is 0.565. The Labute approximate surface area is 321 Å². The number of hydrogen-bond donors (Lipinski definition) is 2. The Kier molecular flexibility index (Phi) is 13.8. The maximum absolute atomic E-state index is 14.6. The van der Waals surface area contributed by atoms with Crippen molar-refractivity contribution < 1.29 is 49.8 Å². The van der Waals surface area contributed by atoms with E-state index in [2.05, 4.69) is 4.98 Å². The second-order valence-electron chi connectivity index (χ2n) is 13.9. The third kappa shape index (κ3) is 11.1. The van der Waals surface area contributed by atoms with Gasteiger partial charge in [0.05, 0.1) is 29.8 Å². The first-order chi connectivity index (χ1) is 25.9. The third-order valence-corrected chi connectivity index (χ3v) is 12.1. The minimum atomic E-state index is -5.08. The highest BCUT2D eigenvalue weighted by Gasteiger charge is 2.48. The number of hydrogen-bond acceptors (Lipinski definition) is 8. The largest absolute Gasteiger partial charge is 0.493 e. The van der Waals surface area contributed by atoms with Crippen molar-refractivity contribution in [2.75, 3.05) is 39.3 Å². The van der Waals surface area contributed by atoms with E-state index in [-0.39, 0.29) is 31.0 Å². The van der Waals surface area contributed by atoms with E-state index < -0.39 is 52.6 Å². The molecule has 2 aromatic carbocycles. The number of likely N-dealkylation sites (tertiary alicyclic amines) is 1. The zero-order valence-electron chi connectivity index (χ0n) is 29.8. The van der Waals surface area contributed by atoms with E-state index in [0.29, 0.717) is 36.4 Å². The Morgan fingerprint density at radius 2 is 1.60 bits per heavy atom. The van der Waals surface area contributed by atoms with Crippen LogP contribution in [-0.2, 0) is 26.2 Å². The summed E-state index contributed by atoms with van der Waals surface area (Å²) < 4.78 is 96.3. The van der Waals surface area contributed by atoms with Crippen molar-refractivity contribution in [3.63, 3.8) is 0 Å². The molecule has 55 heavy (non-hydrogen) atoms. The van der Waals surface area contributed by atoms with Gasteiger partial charge in [-0.25, -0.2) is 22.0 Å². The van der Waals surface area contributed by atoms with Gasteiger partial charge in [0.2, 0.25) is 15.9 Å². The number of piperidine rings is 1. The number of rotatable bonds is 9. The van der Waals surface area contributed by atoms with Gasteiger partial charge in [0, 0.05) is 49.5 Å². The summed E-state index contributed by atoms with van der Waals surface area (Å²) in [5.74, 6) is -5.60. The minimum Gasteiger partial charge on any atom is -0.493 e. The van der Waals surface area contributed by atoms with E-state index in [1.807, 2.05) is 29.2 Å². The van der Waals surface area contributed by atoms with Gasteiger partial charge in [0.15, 0.2) is 0 Å². The Morgan fingerprint density at radius 3 is 2.18 bits per heavy atom. The number of ether oxygens (including phenoxy) is 1. The van der Waals surface area contributed by atoms with Crippen LogP contribution < -0.4 is 10.5 Å². The van der Waals surface area contributed by atoms with Crippen LogP contribution in [0.3, 0.4) is 0 Å². The zero-order chi connectivity index (χ0) is 40.0. The van der Waals surface area contributed by atoms with E-state index in [1.165, 1.54) is 31.4 Å². The van der Waals surface area contributed by atoms with Crippen molar-refractivity contribution in [2.45, 2.75) is 74.1 Å². The summed E-state index contributed by atoms with van der Waals surface area (Å²) in [5, 5.41) is 7.76. The lowest BCUT2D eigenvalue weighted by atomic mass is 9.90. The number of sulfonamides is 1. The molecule has 2 unspecified atom stereocenters. The van der Waals surface area contributed by atoms with Gasteiger partial charge in [-0.2, -0.15) is 17.5 Å². The van der Waals surface area contributed by atoms with E-state index in [9.17, 15) is 35.2 Å². The summed E-state index contributed by atoms with van der Waals surface area (Å²) in [4.78, 5) is 30.4. The lowest BCUT2D eigenvalue weighted by Crippen LogP contribution is -2.64. The number of nitrogens with two attached hydrogens (primary N) is 1. The second-order valence-corrected chi connectivity index (χ2v) is 16.3. The first-order valence-electron chi connectivity index (χ1n) is 17.8. The lowest BCUT2D eigenvalue weighted by molar-refractivity contribution is -0.192. The first kappa shape index (κ1) is 42.2. The molecule has 1 aromatic heterocycles. The Balaban J connectivity index is 0.000000757. The number of carbonyl (C=O) groups is 2. The van der Waals surface area contributed by atoms with E-state index in [4.69, 9.17) is 32.0 Å². The van der Waals surface area contributed by atoms with E-state index >= 15 is 0 Å². The molecule has 3 aromatic rings. The standard InChI is InChI=1S/C35H42ClF2N5O4S.C2HF3O2/c36-28-9-7-27(8-10-28)31-15-6-26(20-40-31)21-41-18-19-43(32(22-41)34(44)42-17-16-33(39)35(37,38)24-42)48(45,46)30-13-11-29(12-14-30)47-23-25-4-2-1-3-5-25;3-2(4,5)1(6)7/h6-15,20,25,32-33H,1-5,16-19,21-24,39H2;(H,6,7). The number of nitrogens with zero attached hydrogens (tertiary/aromatic N) is 4. The molecular formula is C37H43ClF5N5O6S. The number of benzene rings is 2. The average Bonchev–Trinajstić information content (AvgIpc) is 3.16. The predicted molar refractivity (Wildman–Crippen MR) is 194 cm³/mol. The fraction of sp³-hybridized carbons (Fsp3) is 0.486. The van der Waals surface area contributed by atoms with Gasteiger partial charge < -0.3 is 20.5 Å². The van der Waals surface area contributed by atoms with Crippen LogP contribution in [0.2, 0.25) is 5.02 Å². The van der Waals surface area contributed by atoms with Crippen LogP contribution in [0.25, 0.3) is 11.3 Å². The van der Waals surface area contributed by atoms with E-state index in [1.54, 1.807) is 30.5 Å². The third-order valence-electron chi connectivity index (χ3n) is 9.92. The molecule has 11 nitrogen and oxygen atoms in total. The zero-order valence-corrected chi connectivity index (χ0v) is 31.4. The number of carboxylic acids is 1. The van der Waals surface area contributed by atoms with Crippen molar-refractivity contribution in [3.05, 3.63) is 77.4 Å². The predicted octanol–water partition coefficient (Wildman–Crippen LogP) is 6.06. The molecule has 2 atom stereocenters. The molecule has 18 heteroatoms. The SMILES string of the molecule is NC1CCN(C(=O)C2CN(Cc3ccc(-c4ccc(Cl)cc4)nc3)CCN2S(=O)(=O)c2ccc(OCC3CCCCC3)cc2)CC1(F)F.O=C(O)C(F)(F)F. The van der Waals surface area contributed by atoms with Crippen molar-refractivity contribution in [2.24, 2.45) is 11.7 Å². The monoisotopic (exact) mass is 815 g/mol. The highest BCUT2D eigenvalue weighted by atomic mass is 35.5. The van der Waals surface area contributed by atoms with Gasteiger partial charge >= 0.3 is 12.1 Å². The topological polar surface area (TPSA) is 146 Å². The normalized spacial score (nSPS) is 21.3. The molecule has 1 amide bonds. The highest BCUT2D eigenvalue weighted by Crippen LogP contribution is 2.31. The highest BCUT2D eigenvalue weighted by molar-refractivity contribution is 7.89. The van der Waals surface area contributed by atoms with Crippen LogP contribution in [0.4, 0.5) is 22.0 Å². The van der Waals surface area contributed by atoms with Crippen LogP contribution >= 0.6 is 11.6 Å². The maximum atomic E-state index is 14.6. The number of piperazine rings is 1. The fourth-order valence-electron chi connectivity index (χ4n) is 6.79. The number of carbonyl (C=O) groups excluding carboxylic acids is 1. The van der Waals surface area contributed by atoms with Gasteiger partial charge in [-0.15, -0.1) is 0 Å². The summed E-state index contributed by atoms with van der Waals surface area (Å²) >= 11 is 6.01. The van der Waals surface area contributed by atoms with Gasteiger partial charge in [0.25, 0.3) is 5.92 Å². The number of halogens is 6. The molecule has 6 rings (SSSR count). The molecular weight excluding hydrogens is 773 g/mol. The molecule has 0 bridgehead atoms. The fourth-order valence-corrected chi connectivity index (χ4v) is 8.48. The van der Waals surface area contributed by atoms with Crippen LogP contribution in [0.15, 0.2) is 71.8 Å². The van der Waals surface area contributed by atoms with E-state index in [0.717, 1.165) is 38.9 Å². The Bertz CT molecular complexity index is 1860. The number of aliphatic carboxylic acids is 1. The van der Waals surface area contributed by atoms with Gasteiger partial charge in [-0.3, -0.25) is 14.7 Å². The number of aromatic nitrogens is 1. The summed E-state index contributed by atoms with van der Waals surface area (Å²) in [6, 6.07) is 14.9. The van der Waals surface area contributed by atoms with Crippen molar-refractivity contribution in [1.29, 1.82) is 0 Å². The molecule has 0 spiro atoms. The molecule has 3 aliphatic rings. The van der Waals surface area contributed by atoms with Crippen molar-refractivity contribution >= 4 is 33.5 Å².